The molecule has 9 heteroatoms. The minimum atomic E-state index is -3.95. The molecule has 1 aliphatic rings. The van der Waals surface area contributed by atoms with Gasteiger partial charge in [0.05, 0.1) is 4.90 Å². The molecule has 0 atom stereocenters. The molecule has 0 spiro atoms. The lowest BCUT2D eigenvalue weighted by molar-refractivity contribution is 0.102. The fourth-order valence-corrected chi connectivity index (χ4v) is 3.82. The largest absolute Gasteiger partial charge is 0.454 e. The number of ether oxygens (including phenoxy) is 2. The van der Waals surface area contributed by atoms with Gasteiger partial charge in [-0.25, -0.2) is 12.8 Å². The van der Waals surface area contributed by atoms with Crippen molar-refractivity contribution >= 4 is 27.3 Å². The fourth-order valence-electron chi connectivity index (χ4n) is 2.71. The van der Waals surface area contributed by atoms with Crippen molar-refractivity contribution in [1.82, 2.24) is 0 Å². The Labute approximate surface area is 166 Å². The van der Waals surface area contributed by atoms with Gasteiger partial charge in [0, 0.05) is 23.0 Å². The second kappa shape index (κ2) is 7.44. The van der Waals surface area contributed by atoms with Crippen molar-refractivity contribution in [1.29, 1.82) is 0 Å². The third-order valence-electron chi connectivity index (χ3n) is 4.13. The van der Waals surface area contributed by atoms with Crippen LogP contribution in [0.5, 0.6) is 11.5 Å². The number of fused-ring (bicyclic) bond motifs is 1. The van der Waals surface area contributed by atoms with Gasteiger partial charge in [-0.3, -0.25) is 9.52 Å². The summed E-state index contributed by atoms with van der Waals surface area (Å²) in [6.07, 6.45) is 0. The lowest BCUT2D eigenvalue weighted by Crippen LogP contribution is -2.16. The molecule has 0 aromatic heterocycles. The Balaban J connectivity index is 1.53. The Morgan fingerprint density at radius 1 is 0.897 bits per heavy atom. The van der Waals surface area contributed by atoms with Crippen molar-refractivity contribution in [3.05, 3.63) is 78.1 Å². The first-order valence-electron chi connectivity index (χ1n) is 8.50. The minimum Gasteiger partial charge on any atom is -0.454 e. The van der Waals surface area contributed by atoms with Crippen LogP contribution in [-0.4, -0.2) is 21.1 Å². The average Bonchev–Trinajstić information content (AvgIpc) is 3.17. The number of anilines is 2. The summed E-state index contributed by atoms with van der Waals surface area (Å²) in [6, 6.07) is 15.4. The average molecular weight is 414 g/mol. The number of hydrogen-bond acceptors (Lipinski definition) is 5. The van der Waals surface area contributed by atoms with Gasteiger partial charge in [0.2, 0.25) is 6.79 Å². The Hall–Kier alpha value is -3.59. The maximum absolute atomic E-state index is 13.0. The van der Waals surface area contributed by atoms with Crippen molar-refractivity contribution in [2.75, 3.05) is 16.8 Å². The molecule has 0 saturated heterocycles. The highest BCUT2D eigenvalue weighted by molar-refractivity contribution is 7.92. The van der Waals surface area contributed by atoms with Gasteiger partial charge in [-0.15, -0.1) is 0 Å². The van der Waals surface area contributed by atoms with Gasteiger partial charge in [-0.05, 0) is 54.6 Å². The van der Waals surface area contributed by atoms with Crippen LogP contribution in [0.15, 0.2) is 71.6 Å². The number of sulfonamides is 1. The highest BCUT2D eigenvalue weighted by Gasteiger charge is 2.18. The second-order valence-electron chi connectivity index (χ2n) is 6.16. The van der Waals surface area contributed by atoms with Gasteiger partial charge in [-0.2, -0.15) is 0 Å². The van der Waals surface area contributed by atoms with E-state index < -0.39 is 21.7 Å². The fraction of sp³-hybridized carbons (Fsp3) is 0.0500. The first kappa shape index (κ1) is 18.8. The number of nitrogens with one attached hydrogen (secondary N) is 2. The topological polar surface area (TPSA) is 93.7 Å². The molecular formula is C20H15FN2O5S. The number of benzene rings is 3. The van der Waals surface area contributed by atoms with Gasteiger partial charge >= 0.3 is 0 Å². The van der Waals surface area contributed by atoms with Crippen LogP contribution < -0.4 is 19.5 Å². The van der Waals surface area contributed by atoms with E-state index in [0.29, 0.717) is 17.2 Å². The predicted molar refractivity (Wildman–Crippen MR) is 104 cm³/mol. The van der Waals surface area contributed by atoms with Crippen LogP contribution in [0.2, 0.25) is 0 Å². The summed E-state index contributed by atoms with van der Waals surface area (Å²) < 4.78 is 51.0. The van der Waals surface area contributed by atoms with Crippen molar-refractivity contribution in [2.45, 2.75) is 4.90 Å². The summed E-state index contributed by atoms with van der Waals surface area (Å²) in [7, 11) is -3.95. The van der Waals surface area contributed by atoms with Crippen molar-refractivity contribution in [2.24, 2.45) is 0 Å². The monoisotopic (exact) mass is 414 g/mol. The Kier molecular flexibility index (Phi) is 4.81. The van der Waals surface area contributed by atoms with E-state index in [1.54, 1.807) is 18.2 Å². The summed E-state index contributed by atoms with van der Waals surface area (Å²) in [6.45, 7) is 0.119. The molecule has 4 rings (SSSR count). The Morgan fingerprint density at radius 2 is 1.62 bits per heavy atom. The minimum absolute atomic E-state index is 0.0971. The normalized spacial score (nSPS) is 12.4. The van der Waals surface area contributed by atoms with E-state index in [2.05, 4.69) is 10.0 Å². The Morgan fingerprint density at radius 3 is 2.41 bits per heavy atom. The molecule has 0 unspecified atom stereocenters. The highest BCUT2D eigenvalue weighted by Crippen LogP contribution is 2.34. The molecule has 1 aliphatic heterocycles. The third kappa shape index (κ3) is 4.14. The van der Waals surface area contributed by atoms with Crippen LogP contribution in [0.25, 0.3) is 0 Å². The number of amides is 1. The Bertz CT molecular complexity index is 1180. The van der Waals surface area contributed by atoms with Gasteiger partial charge in [0.25, 0.3) is 15.9 Å². The van der Waals surface area contributed by atoms with Crippen LogP contribution in [0.4, 0.5) is 15.8 Å². The molecule has 0 radical (unpaired) electrons. The van der Waals surface area contributed by atoms with E-state index in [4.69, 9.17) is 9.47 Å². The van der Waals surface area contributed by atoms with Gasteiger partial charge in [0.15, 0.2) is 11.5 Å². The summed E-state index contributed by atoms with van der Waals surface area (Å²) in [5.41, 5.74) is 0.850. The molecule has 0 aliphatic carbocycles. The molecule has 1 amide bonds. The van der Waals surface area contributed by atoms with E-state index in [1.165, 1.54) is 36.4 Å². The van der Waals surface area contributed by atoms with E-state index >= 15 is 0 Å². The summed E-state index contributed by atoms with van der Waals surface area (Å²) in [5, 5.41) is 2.69. The number of carbonyl (C=O) groups is 1. The molecule has 1 heterocycles. The summed E-state index contributed by atoms with van der Waals surface area (Å²) in [5.74, 6) is 0.142. The van der Waals surface area contributed by atoms with E-state index in [1.807, 2.05) is 0 Å². The van der Waals surface area contributed by atoms with Crippen LogP contribution >= 0.6 is 0 Å². The molecule has 3 aromatic rings. The molecule has 0 bridgehead atoms. The van der Waals surface area contributed by atoms with Crippen LogP contribution in [0.1, 0.15) is 10.4 Å². The predicted octanol–water partition coefficient (Wildman–Crippen LogP) is 3.61. The van der Waals surface area contributed by atoms with E-state index in [9.17, 15) is 17.6 Å². The highest BCUT2D eigenvalue weighted by atomic mass is 32.2. The number of halogens is 1. The second-order valence-corrected chi connectivity index (χ2v) is 7.84. The zero-order valence-corrected chi connectivity index (χ0v) is 15.7. The van der Waals surface area contributed by atoms with Crippen molar-refractivity contribution in [3.63, 3.8) is 0 Å². The first-order valence-corrected chi connectivity index (χ1v) is 9.98. The zero-order chi connectivity index (χ0) is 20.4. The molecular weight excluding hydrogens is 399 g/mol. The van der Waals surface area contributed by atoms with E-state index in [-0.39, 0.29) is 22.9 Å². The van der Waals surface area contributed by atoms with Crippen LogP contribution in [-0.2, 0) is 10.0 Å². The quantitative estimate of drug-likeness (QED) is 0.665. The van der Waals surface area contributed by atoms with Crippen molar-refractivity contribution in [3.8, 4) is 11.5 Å². The molecule has 0 saturated carbocycles. The van der Waals surface area contributed by atoms with Crippen LogP contribution in [0.3, 0.4) is 0 Å². The van der Waals surface area contributed by atoms with Gasteiger partial charge in [-0.1, -0.05) is 6.07 Å². The first-order chi connectivity index (χ1) is 13.9. The zero-order valence-electron chi connectivity index (χ0n) is 14.9. The number of carbonyl (C=O) groups excluding carboxylic acids is 1. The van der Waals surface area contributed by atoms with Crippen LogP contribution in [0, 0.1) is 5.82 Å². The maximum atomic E-state index is 13.0. The van der Waals surface area contributed by atoms with Gasteiger partial charge in [0.1, 0.15) is 5.82 Å². The van der Waals surface area contributed by atoms with Gasteiger partial charge < -0.3 is 14.8 Å². The summed E-state index contributed by atoms with van der Waals surface area (Å²) >= 11 is 0. The molecule has 2 N–H and O–H groups in total. The van der Waals surface area contributed by atoms with Crippen molar-refractivity contribution < 1.29 is 27.1 Å². The standard InChI is InChI=1S/C20H15FN2O5S/c21-14-4-6-15(7-5-14)23-29(25,26)17-3-1-2-13(10-17)20(24)22-16-8-9-18-19(11-16)28-12-27-18/h1-11,23H,12H2,(H,22,24). The molecule has 3 aromatic carbocycles. The molecule has 0 fully saturated rings. The SMILES string of the molecule is O=C(Nc1ccc2c(c1)OCO2)c1cccc(S(=O)(=O)Nc2ccc(F)cc2)c1. The lowest BCUT2D eigenvalue weighted by Gasteiger charge is -2.10. The molecule has 7 nitrogen and oxygen atoms in total. The lowest BCUT2D eigenvalue weighted by atomic mass is 10.2. The third-order valence-corrected chi connectivity index (χ3v) is 5.51. The number of hydrogen-bond donors (Lipinski definition) is 2. The maximum Gasteiger partial charge on any atom is 0.261 e. The van der Waals surface area contributed by atoms with E-state index in [0.717, 1.165) is 12.1 Å². The number of rotatable bonds is 5. The molecule has 148 valence electrons. The smallest absolute Gasteiger partial charge is 0.261 e. The molecule has 29 heavy (non-hydrogen) atoms. The summed E-state index contributed by atoms with van der Waals surface area (Å²) in [4.78, 5) is 12.5.